The van der Waals surface area contributed by atoms with Crippen LogP contribution in [-0.2, 0) is 6.54 Å². The number of hydrogen-bond donors (Lipinski definition) is 1. The summed E-state index contributed by atoms with van der Waals surface area (Å²) in [5.74, 6) is -0.967. The van der Waals surface area contributed by atoms with Gasteiger partial charge in [-0.05, 0) is 13.0 Å². The van der Waals surface area contributed by atoms with E-state index in [4.69, 9.17) is 0 Å². The van der Waals surface area contributed by atoms with Crippen molar-refractivity contribution in [1.29, 1.82) is 0 Å². The second-order valence-corrected chi connectivity index (χ2v) is 4.05. The van der Waals surface area contributed by atoms with Crippen LogP contribution in [0.25, 0.3) is 0 Å². The third-order valence-corrected chi connectivity index (χ3v) is 2.73. The Balaban J connectivity index is 2.55. The number of nitrogens with zero attached hydrogens (tertiary/aromatic N) is 1. The molecule has 19 heavy (non-hydrogen) atoms. The number of benzene rings is 1. The Morgan fingerprint density at radius 1 is 1.32 bits per heavy atom. The highest BCUT2D eigenvalue weighted by atomic mass is 19.1. The fourth-order valence-corrected chi connectivity index (χ4v) is 1.70. The molecule has 0 aliphatic heterocycles. The minimum absolute atomic E-state index is 0.129. The third-order valence-electron chi connectivity index (χ3n) is 2.73. The minimum Gasteiger partial charge on any atom is -0.313 e. The zero-order chi connectivity index (χ0) is 14.0. The summed E-state index contributed by atoms with van der Waals surface area (Å²) in [5, 5.41) is 0. The number of nitrogens with one attached hydrogen (secondary N) is 1. The van der Waals surface area contributed by atoms with Gasteiger partial charge in [-0.3, -0.25) is 14.2 Å². The molecule has 0 aliphatic rings. The van der Waals surface area contributed by atoms with Crippen molar-refractivity contribution in [3.63, 3.8) is 0 Å². The highest BCUT2D eigenvalue weighted by Gasteiger charge is 2.12. The molecule has 1 aromatic heterocycles. The molecule has 0 aliphatic carbocycles. The van der Waals surface area contributed by atoms with Crippen molar-refractivity contribution in [2.75, 3.05) is 0 Å². The van der Waals surface area contributed by atoms with E-state index in [0.29, 0.717) is 0 Å². The lowest BCUT2D eigenvalue weighted by molar-refractivity contribution is 0.101. The van der Waals surface area contributed by atoms with E-state index in [9.17, 15) is 18.8 Å². The van der Waals surface area contributed by atoms with Gasteiger partial charge in [0.1, 0.15) is 5.82 Å². The highest BCUT2D eigenvalue weighted by Crippen LogP contribution is 2.06. The summed E-state index contributed by atoms with van der Waals surface area (Å²) in [7, 11) is 0. The highest BCUT2D eigenvalue weighted by molar-refractivity contribution is 5.93. The minimum atomic E-state index is -0.723. The lowest BCUT2D eigenvalue weighted by Gasteiger charge is -2.06. The molecule has 2 aromatic rings. The van der Waals surface area contributed by atoms with E-state index in [1.807, 2.05) is 0 Å². The second kappa shape index (κ2) is 5.01. The van der Waals surface area contributed by atoms with Crippen LogP contribution in [0.3, 0.4) is 0 Å². The van der Waals surface area contributed by atoms with Gasteiger partial charge in [-0.25, -0.2) is 9.18 Å². The molecule has 1 heterocycles. The number of ketones is 1. The van der Waals surface area contributed by atoms with Crippen LogP contribution in [0.15, 0.2) is 40.1 Å². The maximum Gasteiger partial charge on any atom is 0.328 e. The molecule has 1 N–H and O–H groups in total. The van der Waals surface area contributed by atoms with Crippen molar-refractivity contribution in [3.8, 4) is 0 Å². The van der Waals surface area contributed by atoms with Crippen molar-refractivity contribution in [2.45, 2.75) is 13.5 Å². The van der Waals surface area contributed by atoms with Gasteiger partial charge in [0.25, 0.3) is 5.56 Å². The zero-order valence-electron chi connectivity index (χ0n) is 10.1. The number of carbonyl (C=O) groups is 1. The predicted molar refractivity (Wildman–Crippen MR) is 66.8 cm³/mol. The van der Waals surface area contributed by atoms with E-state index in [2.05, 4.69) is 4.98 Å². The van der Waals surface area contributed by atoms with Gasteiger partial charge >= 0.3 is 5.69 Å². The molecular formula is C13H11FN2O3. The van der Waals surface area contributed by atoms with E-state index in [1.54, 1.807) is 6.07 Å². The number of carbonyl (C=O) groups excluding carboxylic acids is 1. The molecule has 0 fully saturated rings. The number of rotatable bonds is 3. The van der Waals surface area contributed by atoms with Gasteiger partial charge in [-0.2, -0.15) is 0 Å². The van der Waals surface area contributed by atoms with Crippen LogP contribution in [0.2, 0.25) is 0 Å². The molecular weight excluding hydrogens is 251 g/mol. The van der Waals surface area contributed by atoms with Gasteiger partial charge in [-0.15, -0.1) is 0 Å². The summed E-state index contributed by atoms with van der Waals surface area (Å²) in [6.07, 6.45) is 1.07. The normalized spacial score (nSPS) is 10.4. The zero-order valence-corrected chi connectivity index (χ0v) is 10.1. The predicted octanol–water partition coefficient (Wildman–Crippen LogP) is 0.927. The van der Waals surface area contributed by atoms with Crippen LogP contribution in [0, 0.1) is 5.82 Å². The monoisotopic (exact) mass is 262 g/mol. The summed E-state index contributed by atoms with van der Waals surface area (Å²) in [5.41, 5.74) is -1.33. The number of Topliss-reactive ketones (excluding diaryl/α,β-unsaturated/α-hetero) is 1. The molecule has 0 saturated carbocycles. The summed E-state index contributed by atoms with van der Waals surface area (Å²) < 4.78 is 14.3. The van der Waals surface area contributed by atoms with Gasteiger partial charge < -0.3 is 4.98 Å². The van der Waals surface area contributed by atoms with E-state index < -0.39 is 22.8 Å². The molecule has 0 amide bonds. The van der Waals surface area contributed by atoms with E-state index in [1.165, 1.54) is 25.1 Å². The van der Waals surface area contributed by atoms with Gasteiger partial charge in [0.15, 0.2) is 5.78 Å². The number of halogens is 1. The smallest absolute Gasteiger partial charge is 0.313 e. The van der Waals surface area contributed by atoms with Gasteiger partial charge in [0.05, 0.1) is 12.1 Å². The van der Waals surface area contributed by atoms with Crippen LogP contribution in [-0.4, -0.2) is 15.3 Å². The van der Waals surface area contributed by atoms with E-state index in [-0.39, 0.29) is 17.7 Å². The molecule has 0 saturated heterocycles. The quantitative estimate of drug-likeness (QED) is 0.836. The topological polar surface area (TPSA) is 71.9 Å². The fourth-order valence-electron chi connectivity index (χ4n) is 1.70. The largest absolute Gasteiger partial charge is 0.328 e. The first-order chi connectivity index (χ1) is 9.00. The first kappa shape index (κ1) is 12.9. The number of hydrogen-bond acceptors (Lipinski definition) is 3. The first-order valence-electron chi connectivity index (χ1n) is 5.57. The van der Waals surface area contributed by atoms with E-state index >= 15 is 0 Å². The van der Waals surface area contributed by atoms with Crippen molar-refractivity contribution >= 4 is 5.78 Å². The molecule has 0 spiro atoms. The van der Waals surface area contributed by atoms with Gasteiger partial charge in [0.2, 0.25) is 0 Å². The average Bonchev–Trinajstić information content (AvgIpc) is 2.36. The Bertz CT molecular complexity index is 746. The van der Waals surface area contributed by atoms with Crippen LogP contribution >= 0.6 is 0 Å². The lowest BCUT2D eigenvalue weighted by atomic mass is 10.2. The Hall–Kier alpha value is -2.50. The molecule has 0 radical (unpaired) electrons. The van der Waals surface area contributed by atoms with Crippen LogP contribution < -0.4 is 11.2 Å². The van der Waals surface area contributed by atoms with Gasteiger partial charge in [-0.1, -0.05) is 18.2 Å². The molecule has 5 nitrogen and oxygen atoms in total. The van der Waals surface area contributed by atoms with Crippen molar-refractivity contribution in [2.24, 2.45) is 0 Å². The molecule has 0 unspecified atom stereocenters. The fraction of sp³-hybridized carbons (Fsp3) is 0.154. The third kappa shape index (κ3) is 2.52. The van der Waals surface area contributed by atoms with Crippen molar-refractivity contribution in [1.82, 2.24) is 9.55 Å². The Labute approximate surface area is 107 Å². The summed E-state index contributed by atoms with van der Waals surface area (Å²) in [6, 6.07) is 5.83. The Morgan fingerprint density at radius 2 is 2.00 bits per heavy atom. The van der Waals surface area contributed by atoms with Crippen LogP contribution in [0.4, 0.5) is 4.39 Å². The van der Waals surface area contributed by atoms with E-state index in [0.717, 1.165) is 10.8 Å². The number of H-pyrrole nitrogens is 1. The molecule has 1 aromatic carbocycles. The molecule has 0 atom stereocenters. The average molecular weight is 262 g/mol. The standard InChI is InChI=1S/C13H11FN2O3/c1-8(17)10-6-15-13(19)16(12(10)18)7-9-4-2-3-5-11(9)14/h2-6H,7H2,1H3,(H,15,19). The van der Waals surface area contributed by atoms with Crippen molar-refractivity contribution in [3.05, 3.63) is 68.2 Å². The van der Waals surface area contributed by atoms with Crippen LogP contribution in [0.5, 0.6) is 0 Å². The maximum atomic E-state index is 13.5. The summed E-state index contributed by atoms with van der Waals surface area (Å²) in [4.78, 5) is 37.1. The molecule has 98 valence electrons. The Kier molecular flexibility index (Phi) is 3.41. The maximum absolute atomic E-state index is 13.5. The first-order valence-corrected chi connectivity index (χ1v) is 5.57. The molecule has 2 rings (SSSR count). The van der Waals surface area contributed by atoms with Gasteiger partial charge in [0, 0.05) is 11.8 Å². The van der Waals surface area contributed by atoms with Crippen LogP contribution in [0.1, 0.15) is 22.8 Å². The summed E-state index contributed by atoms with van der Waals surface area (Å²) >= 11 is 0. The number of aromatic nitrogens is 2. The molecule has 6 heteroatoms. The SMILES string of the molecule is CC(=O)c1c[nH]c(=O)n(Cc2ccccc2F)c1=O. The number of aromatic amines is 1. The van der Waals surface area contributed by atoms with Crippen molar-refractivity contribution < 1.29 is 9.18 Å². The summed E-state index contributed by atoms with van der Waals surface area (Å²) in [6.45, 7) is 1.00. The second-order valence-electron chi connectivity index (χ2n) is 4.05. The Morgan fingerprint density at radius 3 is 2.63 bits per heavy atom. The molecule has 0 bridgehead atoms. The lowest BCUT2D eigenvalue weighted by Crippen LogP contribution is -2.38.